The Morgan fingerprint density at radius 1 is 1.53 bits per heavy atom. The zero-order chi connectivity index (χ0) is 14.3. The molecule has 0 saturated carbocycles. The number of pyridine rings is 1. The summed E-state index contributed by atoms with van der Waals surface area (Å²) in [6, 6.07) is 2.20. The molecule has 19 heavy (non-hydrogen) atoms. The van der Waals surface area contributed by atoms with E-state index in [1.165, 1.54) is 31.1 Å². The van der Waals surface area contributed by atoms with Crippen molar-refractivity contribution in [3.63, 3.8) is 0 Å². The molecule has 1 atom stereocenters. The zero-order valence-electron chi connectivity index (χ0n) is 10.8. The highest BCUT2D eigenvalue weighted by atomic mass is 32.2. The lowest BCUT2D eigenvalue weighted by molar-refractivity contribution is -0.139. The number of carboxylic acids is 1. The predicted molar refractivity (Wildman–Crippen MR) is 72.7 cm³/mol. The average molecular weight is 284 g/mol. The molecule has 1 unspecified atom stereocenters. The number of nitrogens with zero attached hydrogens (tertiary/aromatic N) is 1. The van der Waals surface area contributed by atoms with Crippen LogP contribution in [0, 0.1) is 0 Å². The molecule has 0 aliphatic rings. The van der Waals surface area contributed by atoms with Gasteiger partial charge in [0.25, 0.3) is 5.91 Å². The van der Waals surface area contributed by atoms with Crippen molar-refractivity contribution in [3.8, 4) is 5.88 Å². The van der Waals surface area contributed by atoms with Crippen LogP contribution in [0.25, 0.3) is 0 Å². The van der Waals surface area contributed by atoms with Crippen molar-refractivity contribution in [3.05, 3.63) is 23.9 Å². The highest BCUT2D eigenvalue weighted by molar-refractivity contribution is 7.98. The van der Waals surface area contributed by atoms with Crippen LogP contribution in [-0.2, 0) is 4.79 Å². The van der Waals surface area contributed by atoms with Crippen LogP contribution < -0.4 is 10.1 Å². The topological polar surface area (TPSA) is 88.5 Å². The van der Waals surface area contributed by atoms with E-state index in [2.05, 4.69) is 10.3 Å². The lowest BCUT2D eigenvalue weighted by Gasteiger charge is -2.13. The van der Waals surface area contributed by atoms with Crippen molar-refractivity contribution in [1.29, 1.82) is 0 Å². The van der Waals surface area contributed by atoms with Crippen LogP contribution in [0.5, 0.6) is 5.88 Å². The molecule has 0 aliphatic carbocycles. The van der Waals surface area contributed by atoms with Gasteiger partial charge in [0.05, 0.1) is 12.7 Å². The number of carbonyl (C=O) groups is 2. The number of methoxy groups -OCH3 is 1. The summed E-state index contributed by atoms with van der Waals surface area (Å²) in [5.74, 6) is -0.431. The van der Waals surface area contributed by atoms with Gasteiger partial charge in [-0.2, -0.15) is 11.8 Å². The molecule has 0 fully saturated rings. The van der Waals surface area contributed by atoms with Gasteiger partial charge in [0.1, 0.15) is 6.04 Å². The number of nitrogens with one attached hydrogen (secondary N) is 1. The van der Waals surface area contributed by atoms with Gasteiger partial charge < -0.3 is 15.2 Å². The molecule has 0 saturated heterocycles. The molecule has 1 rings (SSSR count). The second-order valence-corrected chi connectivity index (χ2v) is 4.72. The molecule has 2 N–H and O–H groups in total. The second kappa shape index (κ2) is 7.63. The van der Waals surface area contributed by atoms with Crippen LogP contribution in [0.3, 0.4) is 0 Å². The number of aliphatic carboxylic acids is 1. The lowest BCUT2D eigenvalue weighted by atomic mass is 10.2. The van der Waals surface area contributed by atoms with E-state index in [4.69, 9.17) is 9.84 Å². The summed E-state index contributed by atoms with van der Waals surface area (Å²) >= 11 is 1.53. The van der Waals surface area contributed by atoms with Gasteiger partial charge in [0.2, 0.25) is 5.88 Å². The molecule has 0 bridgehead atoms. The molecule has 1 aromatic heterocycles. The van der Waals surface area contributed by atoms with Crippen LogP contribution in [0.1, 0.15) is 16.8 Å². The number of thioether (sulfide) groups is 1. The normalized spacial score (nSPS) is 11.7. The van der Waals surface area contributed by atoms with Gasteiger partial charge in [-0.3, -0.25) is 4.79 Å². The van der Waals surface area contributed by atoms with Crippen LogP contribution in [0.2, 0.25) is 0 Å². The Morgan fingerprint density at radius 2 is 2.26 bits per heavy atom. The molecule has 7 heteroatoms. The fourth-order valence-corrected chi connectivity index (χ4v) is 1.84. The number of rotatable bonds is 7. The molecule has 0 radical (unpaired) electrons. The van der Waals surface area contributed by atoms with Crippen molar-refractivity contribution in [2.45, 2.75) is 12.5 Å². The molecule has 6 nitrogen and oxygen atoms in total. The Labute approximate surface area is 115 Å². The first-order chi connectivity index (χ1) is 9.08. The first kappa shape index (κ1) is 15.3. The maximum absolute atomic E-state index is 11.9. The van der Waals surface area contributed by atoms with Gasteiger partial charge in [0, 0.05) is 12.3 Å². The monoisotopic (exact) mass is 284 g/mol. The van der Waals surface area contributed by atoms with Gasteiger partial charge in [-0.1, -0.05) is 0 Å². The molecular formula is C12H16N2O4S. The van der Waals surface area contributed by atoms with Gasteiger partial charge in [-0.15, -0.1) is 0 Å². The van der Waals surface area contributed by atoms with E-state index in [0.717, 1.165) is 0 Å². The van der Waals surface area contributed by atoms with E-state index in [-0.39, 0.29) is 0 Å². The molecule has 0 aromatic carbocycles. The van der Waals surface area contributed by atoms with E-state index in [0.29, 0.717) is 23.6 Å². The number of aromatic nitrogens is 1. The third-order valence-corrected chi connectivity index (χ3v) is 3.07. The molecule has 1 aromatic rings. The van der Waals surface area contributed by atoms with Crippen LogP contribution in [-0.4, -0.2) is 47.1 Å². The third-order valence-electron chi connectivity index (χ3n) is 2.42. The van der Waals surface area contributed by atoms with Gasteiger partial charge in [-0.25, -0.2) is 9.78 Å². The molecular weight excluding hydrogens is 268 g/mol. The standard InChI is InChI=1S/C12H16N2O4S/c1-18-10-4-3-8(7-13-10)11(15)14-9(12(16)17)5-6-19-2/h3-4,7,9H,5-6H2,1-2H3,(H,14,15)(H,16,17). The maximum atomic E-state index is 11.9. The zero-order valence-corrected chi connectivity index (χ0v) is 11.6. The van der Waals surface area contributed by atoms with Crippen molar-refractivity contribution in [2.75, 3.05) is 19.1 Å². The maximum Gasteiger partial charge on any atom is 0.326 e. The number of carbonyl (C=O) groups excluding carboxylic acids is 1. The Morgan fingerprint density at radius 3 is 2.74 bits per heavy atom. The minimum atomic E-state index is -1.04. The van der Waals surface area contributed by atoms with Gasteiger partial charge in [0.15, 0.2) is 0 Å². The van der Waals surface area contributed by atoms with Crippen molar-refractivity contribution >= 4 is 23.6 Å². The number of ether oxygens (including phenoxy) is 1. The third kappa shape index (κ3) is 4.78. The van der Waals surface area contributed by atoms with Crippen LogP contribution in [0.4, 0.5) is 0 Å². The highest BCUT2D eigenvalue weighted by Crippen LogP contribution is 2.08. The average Bonchev–Trinajstić information content (AvgIpc) is 2.43. The van der Waals surface area contributed by atoms with E-state index < -0.39 is 17.9 Å². The van der Waals surface area contributed by atoms with E-state index in [1.54, 1.807) is 6.07 Å². The van der Waals surface area contributed by atoms with Crippen molar-refractivity contribution in [2.24, 2.45) is 0 Å². The highest BCUT2D eigenvalue weighted by Gasteiger charge is 2.20. The summed E-state index contributed by atoms with van der Waals surface area (Å²) in [5, 5.41) is 11.5. The summed E-state index contributed by atoms with van der Waals surface area (Å²) < 4.78 is 4.88. The summed E-state index contributed by atoms with van der Waals surface area (Å²) in [6.07, 6.45) is 3.61. The molecule has 0 aliphatic heterocycles. The lowest BCUT2D eigenvalue weighted by Crippen LogP contribution is -2.41. The second-order valence-electron chi connectivity index (χ2n) is 3.73. The Hall–Kier alpha value is -1.76. The van der Waals surface area contributed by atoms with Crippen LogP contribution in [0.15, 0.2) is 18.3 Å². The minimum Gasteiger partial charge on any atom is -0.481 e. The van der Waals surface area contributed by atoms with E-state index in [9.17, 15) is 9.59 Å². The fourth-order valence-electron chi connectivity index (χ4n) is 1.37. The number of hydrogen-bond donors (Lipinski definition) is 2. The first-order valence-corrected chi connectivity index (χ1v) is 7.00. The number of hydrogen-bond acceptors (Lipinski definition) is 5. The van der Waals surface area contributed by atoms with Crippen molar-refractivity contribution in [1.82, 2.24) is 10.3 Å². The summed E-state index contributed by atoms with van der Waals surface area (Å²) in [6.45, 7) is 0. The SMILES string of the molecule is COc1ccc(C(=O)NC(CCSC)C(=O)O)cn1. The smallest absolute Gasteiger partial charge is 0.326 e. The largest absolute Gasteiger partial charge is 0.481 e. The number of carboxylic acid groups (broad SMARTS) is 1. The van der Waals surface area contributed by atoms with Crippen LogP contribution >= 0.6 is 11.8 Å². The van der Waals surface area contributed by atoms with Gasteiger partial charge in [-0.05, 0) is 24.5 Å². The van der Waals surface area contributed by atoms with Crippen molar-refractivity contribution < 1.29 is 19.4 Å². The van der Waals surface area contributed by atoms with E-state index >= 15 is 0 Å². The molecule has 0 spiro atoms. The van der Waals surface area contributed by atoms with Gasteiger partial charge >= 0.3 is 5.97 Å². The summed E-state index contributed by atoms with van der Waals surface area (Å²) in [5.41, 5.74) is 0.302. The summed E-state index contributed by atoms with van der Waals surface area (Å²) in [4.78, 5) is 26.8. The Kier molecular flexibility index (Phi) is 6.14. The minimum absolute atomic E-state index is 0.302. The van der Waals surface area contributed by atoms with E-state index in [1.807, 2.05) is 6.26 Å². The molecule has 1 amide bonds. The molecule has 104 valence electrons. The molecule has 1 heterocycles. The number of amides is 1. The quantitative estimate of drug-likeness (QED) is 0.777. The summed E-state index contributed by atoms with van der Waals surface area (Å²) in [7, 11) is 1.48. The predicted octanol–water partition coefficient (Wildman–Crippen LogP) is 1.03. The Balaban J connectivity index is 2.67. The first-order valence-electron chi connectivity index (χ1n) is 5.61. The Bertz CT molecular complexity index is 436. The fraction of sp³-hybridized carbons (Fsp3) is 0.417.